The fourth-order valence-corrected chi connectivity index (χ4v) is 10.9. The first-order valence-corrected chi connectivity index (χ1v) is 19.3. The molecule has 2 N–H and O–H groups in total. The molecule has 3 aromatic rings. The molecule has 3 saturated carbocycles. The summed E-state index contributed by atoms with van der Waals surface area (Å²) in [6.45, 7) is 3.22. The van der Waals surface area contributed by atoms with E-state index in [-0.39, 0.29) is 60.8 Å². The number of esters is 2. The Morgan fingerprint density at radius 3 is 2.75 bits per heavy atom. The topological polar surface area (TPSA) is 174 Å². The van der Waals surface area contributed by atoms with E-state index in [9.17, 15) is 24.3 Å². The number of fused-ring (bicyclic) bond motifs is 8. The zero-order chi connectivity index (χ0) is 38.2. The summed E-state index contributed by atoms with van der Waals surface area (Å²) in [7, 11) is 1.39. The number of cyclic esters (lactones) is 1. The molecule has 4 aliphatic carbocycles. The molecule has 0 radical (unpaired) electrons. The third-order valence-corrected chi connectivity index (χ3v) is 13.6. The summed E-state index contributed by atoms with van der Waals surface area (Å²) >= 11 is 0. The van der Waals surface area contributed by atoms with Gasteiger partial charge in [-0.2, -0.15) is 9.78 Å². The SMILES string of the molecule is CC[C@@]1(O)C(=O)OCc2c1cc1n(c2=O)Cc2c-1nc1cc(F)c(C)c3c1c2[C@@H](NC(=O)OC1CCCC2(C1)OOC1(CC4CC(C(=O)OC)C1C4)O2)CC3. The fourth-order valence-electron chi connectivity index (χ4n) is 10.9. The second kappa shape index (κ2) is 12.0. The monoisotopic (exact) mass is 759 g/mol. The molecule has 1 aromatic carbocycles. The van der Waals surface area contributed by atoms with Crippen LogP contribution in [-0.2, 0) is 63.5 Å². The molecule has 55 heavy (non-hydrogen) atoms. The lowest BCUT2D eigenvalue weighted by Crippen LogP contribution is -2.47. The van der Waals surface area contributed by atoms with E-state index >= 15 is 4.39 Å². The van der Waals surface area contributed by atoms with Crippen molar-refractivity contribution in [3.63, 3.8) is 0 Å². The van der Waals surface area contributed by atoms with Crippen molar-refractivity contribution >= 4 is 28.9 Å². The number of alkyl carbamates (subject to hydrolysis) is 1. The van der Waals surface area contributed by atoms with Crippen molar-refractivity contribution in [2.24, 2.45) is 17.8 Å². The summed E-state index contributed by atoms with van der Waals surface area (Å²) in [5.41, 5.74) is 1.88. The lowest BCUT2D eigenvalue weighted by Gasteiger charge is -2.38. The number of aliphatic hydroxyl groups is 1. The molecule has 1 saturated heterocycles. The average Bonchev–Trinajstić information content (AvgIpc) is 3.94. The molecule has 4 fully saturated rings. The van der Waals surface area contributed by atoms with Crippen molar-refractivity contribution in [3.05, 3.63) is 61.7 Å². The Morgan fingerprint density at radius 1 is 1.13 bits per heavy atom. The maximum absolute atomic E-state index is 15.4. The molecule has 5 heterocycles. The number of halogens is 1. The maximum Gasteiger partial charge on any atom is 0.407 e. The minimum atomic E-state index is -2.00. The number of aromatic nitrogens is 2. The largest absolute Gasteiger partial charge is 0.469 e. The highest BCUT2D eigenvalue weighted by Crippen LogP contribution is 2.61. The summed E-state index contributed by atoms with van der Waals surface area (Å²) < 4.78 is 39.9. The van der Waals surface area contributed by atoms with Gasteiger partial charge in [-0.1, -0.05) is 6.92 Å². The van der Waals surface area contributed by atoms with Gasteiger partial charge in [0, 0.05) is 47.8 Å². The van der Waals surface area contributed by atoms with E-state index in [0.29, 0.717) is 66.6 Å². The lowest BCUT2D eigenvalue weighted by molar-refractivity contribution is -0.365. The highest BCUT2D eigenvalue weighted by molar-refractivity contribution is 5.93. The van der Waals surface area contributed by atoms with Crippen LogP contribution >= 0.6 is 0 Å². The normalized spacial score (nSPS) is 33.8. The number of rotatable bonds is 4. The van der Waals surface area contributed by atoms with Crippen LogP contribution in [0.3, 0.4) is 0 Å². The van der Waals surface area contributed by atoms with Crippen molar-refractivity contribution in [3.8, 4) is 11.4 Å². The zero-order valence-corrected chi connectivity index (χ0v) is 30.8. The minimum absolute atomic E-state index is 0.00194. The van der Waals surface area contributed by atoms with Gasteiger partial charge in [0.1, 0.15) is 18.5 Å². The molecule has 6 unspecified atom stereocenters. The zero-order valence-electron chi connectivity index (χ0n) is 30.8. The number of aryl methyl sites for hydroxylation is 1. The van der Waals surface area contributed by atoms with Crippen LogP contribution in [0.25, 0.3) is 22.3 Å². The van der Waals surface area contributed by atoms with Crippen LogP contribution < -0.4 is 10.9 Å². The summed E-state index contributed by atoms with van der Waals surface area (Å²) in [5.74, 6) is -3.88. The Hall–Kier alpha value is -4.44. The predicted octanol–water partition coefficient (Wildman–Crippen LogP) is 4.77. The summed E-state index contributed by atoms with van der Waals surface area (Å²) in [4.78, 5) is 69.9. The van der Waals surface area contributed by atoms with Crippen molar-refractivity contribution in [1.82, 2.24) is 14.9 Å². The van der Waals surface area contributed by atoms with E-state index in [1.165, 1.54) is 17.7 Å². The van der Waals surface area contributed by atoms with Gasteiger partial charge in [0.05, 0.1) is 48.1 Å². The molecule has 290 valence electrons. The molecule has 1 amide bonds. The molecule has 2 spiro atoms. The van der Waals surface area contributed by atoms with Crippen LogP contribution in [0.2, 0.25) is 0 Å². The number of pyridine rings is 2. The quantitative estimate of drug-likeness (QED) is 0.166. The molecule has 2 bridgehead atoms. The smallest absolute Gasteiger partial charge is 0.407 e. The van der Waals surface area contributed by atoms with E-state index in [1.54, 1.807) is 19.9 Å². The number of carbonyl (C=O) groups excluding carboxylic acids is 3. The Balaban J connectivity index is 0.944. The van der Waals surface area contributed by atoms with Gasteiger partial charge in [-0.05, 0) is 80.5 Å². The molecule has 10 rings (SSSR count). The van der Waals surface area contributed by atoms with Gasteiger partial charge in [0.2, 0.25) is 11.6 Å². The van der Waals surface area contributed by atoms with Crippen molar-refractivity contribution in [2.45, 2.75) is 121 Å². The van der Waals surface area contributed by atoms with Gasteiger partial charge in [-0.15, -0.1) is 0 Å². The highest BCUT2D eigenvalue weighted by atomic mass is 19.1. The molecule has 3 aliphatic heterocycles. The van der Waals surface area contributed by atoms with E-state index < -0.39 is 52.8 Å². The molecule has 8 atom stereocenters. The number of benzene rings is 1. The number of hydrogen-bond donors (Lipinski definition) is 2. The molecular weight excluding hydrogens is 717 g/mol. The fraction of sp³-hybridized carbons (Fsp3) is 0.575. The van der Waals surface area contributed by atoms with Gasteiger partial charge >= 0.3 is 18.0 Å². The first-order chi connectivity index (χ1) is 26.4. The number of amides is 1. The van der Waals surface area contributed by atoms with Crippen LogP contribution in [-0.4, -0.2) is 57.5 Å². The maximum atomic E-state index is 15.4. The summed E-state index contributed by atoms with van der Waals surface area (Å²) in [5, 5.41) is 15.2. The van der Waals surface area contributed by atoms with E-state index in [0.717, 1.165) is 29.4 Å². The third kappa shape index (κ3) is 4.95. The Morgan fingerprint density at radius 2 is 1.96 bits per heavy atom. The van der Waals surface area contributed by atoms with Gasteiger partial charge in [0.25, 0.3) is 5.56 Å². The number of carbonyl (C=O) groups is 3. The van der Waals surface area contributed by atoms with E-state index in [2.05, 4.69) is 5.32 Å². The van der Waals surface area contributed by atoms with Gasteiger partial charge in [-0.3, -0.25) is 9.59 Å². The van der Waals surface area contributed by atoms with Crippen molar-refractivity contribution < 1.29 is 52.6 Å². The standard InChI is InChI=1S/C40H42FN3O11/c1-4-39(49)25-12-30-33-23(16-44(30)34(45)24(25)17-51-36(39)47)32-28(8-7-21-18(2)27(41)13-29(42-33)31(21)32)43-37(48)52-20-6-5-9-38(15-20)53-40(55-54-38)14-19-10-22(26(40)11-19)35(46)50-3/h12-13,19-20,22,26,28,49H,4-11,14-17H2,1-3H3,(H,43,48)/t19?,20?,22?,26?,28-,38?,39-,40?/m0/s1. The first-order valence-electron chi connectivity index (χ1n) is 19.3. The highest BCUT2D eigenvalue weighted by Gasteiger charge is 2.67. The predicted molar refractivity (Wildman–Crippen MR) is 187 cm³/mol. The Bertz CT molecular complexity index is 2290. The van der Waals surface area contributed by atoms with E-state index in [4.69, 9.17) is 33.7 Å². The second-order valence-electron chi connectivity index (χ2n) is 16.4. The minimum Gasteiger partial charge on any atom is -0.469 e. The second-order valence-corrected chi connectivity index (χ2v) is 16.4. The summed E-state index contributed by atoms with van der Waals surface area (Å²) in [6.07, 6.45) is 3.94. The van der Waals surface area contributed by atoms with Crippen LogP contribution in [0.5, 0.6) is 0 Å². The number of nitrogens with zero attached hydrogens (tertiary/aromatic N) is 2. The molecular formula is C40H42FN3O11. The van der Waals surface area contributed by atoms with Crippen LogP contribution in [0, 0.1) is 30.5 Å². The Kier molecular flexibility index (Phi) is 7.66. The van der Waals surface area contributed by atoms with E-state index in [1.807, 2.05) is 0 Å². The number of hydrogen-bond acceptors (Lipinski definition) is 12. The van der Waals surface area contributed by atoms with Gasteiger partial charge < -0.3 is 33.9 Å². The van der Waals surface area contributed by atoms with Crippen LogP contribution in [0.1, 0.15) is 104 Å². The van der Waals surface area contributed by atoms with Crippen molar-refractivity contribution in [1.29, 1.82) is 0 Å². The van der Waals surface area contributed by atoms with Gasteiger partial charge in [-0.25, -0.2) is 19.0 Å². The number of methoxy groups -OCH3 is 1. The molecule has 7 aliphatic rings. The third-order valence-electron chi connectivity index (χ3n) is 13.6. The number of ether oxygens (including phenoxy) is 4. The average molecular weight is 760 g/mol. The first kappa shape index (κ1) is 35.0. The molecule has 15 heteroatoms. The van der Waals surface area contributed by atoms with Crippen LogP contribution in [0.4, 0.5) is 9.18 Å². The van der Waals surface area contributed by atoms with Crippen molar-refractivity contribution in [2.75, 3.05) is 7.11 Å². The summed E-state index contributed by atoms with van der Waals surface area (Å²) in [6, 6.07) is 2.43. The number of nitrogens with one attached hydrogen (secondary N) is 1. The van der Waals surface area contributed by atoms with Gasteiger partial charge in [0.15, 0.2) is 5.60 Å². The lowest BCUT2D eigenvalue weighted by atomic mass is 9.81. The molecule has 2 aromatic heterocycles. The van der Waals surface area contributed by atoms with Crippen LogP contribution in [0.15, 0.2) is 16.9 Å². The molecule has 14 nitrogen and oxygen atoms in total. The Labute approximate surface area is 314 Å².